The van der Waals surface area contributed by atoms with Gasteiger partial charge in [0.05, 0.1) is 28.4 Å². The van der Waals surface area contributed by atoms with Crippen molar-refractivity contribution in [3.05, 3.63) is 104 Å². The minimum atomic E-state index is -0.715. The summed E-state index contributed by atoms with van der Waals surface area (Å²) in [6.07, 6.45) is 4.18. The van der Waals surface area contributed by atoms with Gasteiger partial charge in [-0.15, -0.1) is 0 Å². The molecule has 12 heteroatoms. The van der Waals surface area contributed by atoms with Gasteiger partial charge in [0.1, 0.15) is 11.4 Å². The van der Waals surface area contributed by atoms with E-state index in [1.807, 2.05) is 31.2 Å². The van der Waals surface area contributed by atoms with Crippen molar-refractivity contribution in [3.63, 3.8) is 0 Å². The first-order valence-corrected chi connectivity index (χ1v) is 9.80. The number of hydrogen-bond donors (Lipinski definition) is 1. The molecule has 0 radical (unpaired) electrons. The lowest BCUT2D eigenvalue weighted by molar-refractivity contribution is -0.394. The first-order valence-electron chi connectivity index (χ1n) is 9.80. The predicted molar refractivity (Wildman–Crippen MR) is 121 cm³/mol. The molecule has 0 atom stereocenters. The molecule has 0 spiro atoms. The average molecular weight is 460 g/mol. The molecule has 1 amide bonds. The minimum Gasteiger partial charge on any atom is -0.459 e. The van der Waals surface area contributed by atoms with Crippen molar-refractivity contribution in [2.75, 3.05) is 0 Å². The van der Waals surface area contributed by atoms with Crippen LogP contribution in [0.25, 0.3) is 16.9 Å². The van der Waals surface area contributed by atoms with Gasteiger partial charge >= 0.3 is 11.6 Å². The van der Waals surface area contributed by atoms with Crippen LogP contribution < -0.4 is 5.43 Å². The third-order valence-corrected chi connectivity index (χ3v) is 4.80. The highest BCUT2D eigenvalue weighted by molar-refractivity contribution is 5.93. The number of hydrogen-bond acceptors (Lipinski definition) is 8. The van der Waals surface area contributed by atoms with Gasteiger partial charge in [-0.05, 0) is 25.1 Å². The molecule has 0 aliphatic carbocycles. The molecule has 4 aromatic rings. The van der Waals surface area contributed by atoms with Crippen LogP contribution in [0.5, 0.6) is 0 Å². The molecule has 0 aliphatic heterocycles. The molecule has 2 aromatic carbocycles. The molecule has 2 heterocycles. The van der Waals surface area contributed by atoms with Crippen LogP contribution in [0.4, 0.5) is 11.4 Å². The number of carbonyl (C=O) groups excluding carboxylic acids is 1. The molecule has 34 heavy (non-hydrogen) atoms. The molecule has 0 fully saturated rings. The van der Waals surface area contributed by atoms with Crippen molar-refractivity contribution < 1.29 is 19.1 Å². The third-order valence-electron chi connectivity index (χ3n) is 4.80. The first kappa shape index (κ1) is 22.1. The summed E-state index contributed by atoms with van der Waals surface area (Å²) in [5, 5.41) is 31.0. The Hall–Kier alpha value is -5.13. The van der Waals surface area contributed by atoms with E-state index in [0.29, 0.717) is 16.8 Å². The van der Waals surface area contributed by atoms with Crippen LogP contribution in [0.1, 0.15) is 21.7 Å². The molecule has 0 bridgehead atoms. The van der Waals surface area contributed by atoms with E-state index in [1.165, 1.54) is 35.5 Å². The Bertz CT molecular complexity index is 1410. The van der Waals surface area contributed by atoms with Crippen molar-refractivity contribution >= 4 is 23.5 Å². The number of hydrazone groups is 1. The summed E-state index contributed by atoms with van der Waals surface area (Å²) >= 11 is 0. The molecular formula is C22H16N6O6. The van der Waals surface area contributed by atoms with Crippen LogP contribution in [-0.4, -0.2) is 31.7 Å². The number of nitro groups is 2. The Morgan fingerprint density at radius 2 is 1.88 bits per heavy atom. The van der Waals surface area contributed by atoms with E-state index >= 15 is 0 Å². The Morgan fingerprint density at radius 1 is 1.12 bits per heavy atom. The van der Waals surface area contributed by atoms with Gasteiger partial charge in [0.25, 0.3) is 5.69 Å². The number of furan rings is 1. The number of nitrogens with one attached hydrogen (secondary N) is 1. The number of benzene rings is 2. The summed E-state index contributed by atoms with van der Waals surface area (Å²) in [5.41, 5.74) is 4.07. The third kappa shape index (κ3) is 4.55. The van der Waals surface area contributed by atoms with E-state index in [2.05, 4.69) is 15.6 Å². The molecular weight excluding hydrogens is 444 g/mol. The molecule has 170 valence electrons. The molecule has 0 saturated carbocycles. The minimum absolute atomic E-state index is 0.0308. The number of nitro benzene ring substituents is 2. The number of carbonyl (C=O) groups is 1. The fourth-order valence-corrected chi connectivity index (χ4v) is 3.13. The lowest BCUT2D eigenvalue weighted by atomic mass is 10.1. The summed E-state index contributed by atoms with van der Waals surface area (Å²) < 4.78 is 6.25. The average Bonchev–Trinajstić information content (AvgIpc) is 3.50. The SMILES string of the molecule is Cc1ccc(-c2nn(-c3ccc([N+](=O)[O-])cc3[N+](=O)[O-])cc2/C=N/NC(=O)c2ccco2)cc1. The molecule has 0 unspecified atom stereocenters. The van der Waals surface area contributed by atoms with Gasteiger partial charge in [0, 0.05) is 23.4 Å². The summed E-state index contributed by atoms with van der Waals surface area (Å²) in [6.45, 7) is 1.93. The Labute approximate surface area is 191 Å². The van der Waals surface area contributed by atoms with Gasteiger partial charge in [0.2, 0.25) is 0 Å². The highest BCUT2D eigenvalue weighted by Gasteiger charge is 2.22. The van der Waals surface area contributed by atoms with Gasteiger partial charge in [-0.2, -0.15) is 10.2 Å². The lowest BCUT2D eigenvalue weighted by Crippen LogP contribution is -2.16. The first-order chi connectivity index (χ1) is 16.3. The Kier molecular flexibility index (Phi) is 5.95. The predicted octanol–water partition coefficient (Wildman–Crippen LogP) is 4.02. The van der Waals surface area contributed by atoms with Crippen LogP contribution in [0.15, 0.2) is 76.6 Å². The molecule has 2 aromatic heterocycles. The van der Waals surface area contributed by atoms with Gasteiger partial charge in [-0.25, -0.2) is 10.1 Å². The largest absolute Gasteiger partial charge is 0.459 e. The molecule has 0 saturated heterocycles. The number of aromatic nitrogens is 2. The van der Waals surface area contributed by atoms with Gasteiger partial charge in [-0.1, -0.05) is 29.8 Å². The van der Waals surface area contributed by atoms with Crippen molar-refractivity contribution in [1.82, 2.24) is 15.2 Å². The van der Waals surface area contributed by atoms with Crippen LogP contribution in [0.3, 0.4) is 0 Å². The zero-order valence-corrected chi connectivity index (χ0v) is 17.6. The fourth-order valence-electron chi connectivity index (χ4n) is 3.13. The maximum atomic E-state index is 12.1. The summed E-state index contributed by atoms with van der Waals surface area (Å²) in [4.78, 5) is 33.3. The van der Waals surface area contributed by atoms with Crippen molar-refractivity contribution in [2.45, 2.75) is 6.92 Å². The number of aryl methyl sites for hydroxylation is 1. The molecule has 0 aliphatic rings. The number of amides is 1. The number of non-ortho nitro benzene ring substituents is 1. The quantitative estimate of drug-likeness (QED) is 0.248. The van der Waals surface area contributed by atoms with E-state index in [0.717, 1.165) is 17.7 Å². The van der Waals surface area contributed by atoms with Gasteiger partial charge in [0.15, 0.2) is 5.76 Å². The van der Waals surface area contributed by atoms with Gasteiger partial charge in [-0.3, -0.25) is 25.0 Å². The van der Waals surface area contributed by atoms with Crippen molar-refractivity contribution in [3.8, 4) is 16.9 Å². The second kappa shape index (κ2) is 9.16. The summed E-state index contributed by atoms with van der Waals surface area (Å²) in [7, 11) is 0. The van der Waals surface area contributed by atoms with E-state index in [4.69, 9.17) is 4.42 Å². The van der Waals surface area contributed by atoms with Crippen LogP contribution in [-0.2, 0) is 0 Å². The summed E-state index contributed by atoms with van der Waals surface area (Å²) in [6, 6.07) is 13.7. The van der Waals surface area contributed by atoms with E-state index < -0.39 is 27.1 Å². The standard InChI is InChI=1S/C22H16N6O6/c1-14-4-6-15(7-5-14)21-16(12-23-24-22(29)20-3-2-10-34-20)13-26(25-21)18-9-8-17(27(30)31)11-19(18)28(32)33/h2-13H,1H3,(H,24,29)/b23-12+. The zero-order chi connectivity index (χ0) is 24.2. The zero-order valence-electron chi connectivity index (χ0n) is 17.6. The van der Waals surface area contributed by atoms with Crippen LogP contribution >= 0.6 is 0 Å². The maximum Gasteiger partial charge on any atom is 0.307 e. The van der Waals surface area contributed by atoms with Gasteiger partial charge < -0.3 is 4.42 Å². The van der Waals surface area contributed by atoms with Crippen molar-refractivity contribution in [1.29, 1.82) is 0 Å². The normalized spacial score (nSPS) is 11.0. The maximum absolute atomic E-state index is 12.1. The molecule has 1 N–H and O–H groups in total. The van der Waals surface area contributed by atoms with Crippen LogP contribution in [0, 0.1) is 27.2 Å². The number of nitrogens with zero attached hydrogens (tertiary/aromatic N) is 5. The Morgan fingerprint density at radius 3 is 2.53 bits per heavy atom. The second-order valence-electron chi connectivity index (χ2n) is 7.11. The lowest BCUT2D eigenvalue weighted by Gasteiger charge is -2.03. The molecule has 4 rings (SSSR count). The van der Waals surface area contributed by atoms with Crippen molar-refractivity contribution in [2.24, 2.45) is 5.10 Å². The Balaban J connectivity index is 1.76. The summed E-state index contributed by atoms with van der Waals surface area (Å²) in [5.74, 6) is -0.482. The fraction of sp³-hybridized carbons (Fsp3) is 0.0455. The highest BCUT2D eigenvalue weighted by Crippen LogP contribution is 2.30. The highest BCUT2D eigenvalue weighted by atomic mass is 16.6. The monoisotopic (exact) mass is 460 g/mol. The second-order valence-corrected chi connectivity index (χ2v) is 7.11. The van der Waals surface area contributed by atoms with E-state index in [9.17, 15) is 25.0 Å². The van der Waals surface area contributed by atoms with Crippen LogP contribution in [0.2, 0.25) is 0 Å². The van der Waals surface area contributed by atoms with E-state index in [-0.39, 0.29) is 11.4 Å². The smallest absolute Gasteiger partial charge is 0.307 e. The molecule has 12 nitrogen and oxygen atoms in total. The topological polar surface area (TPSA) is 159 Å². The van der Waals surface area contributed by atoms with E-state index in [1.54, 1.807) is 6.07 Å². The number of rotatable bonds is 7.